The van der Waals surface area contributed by atoms with Crippen LogP contribution < -0.4 is 0 Å². The lowest BCUT2D eigenvalue weighted by Gasteiger charge is -2.25. The Bertz CT molecular complexity index is 643. The monoisotopic (exact) mass is 394 g/mol. The molecule has 6 heteroatoms. The second-order valence-corrected chi connectivity index (χ2v) is 7.39. The van der Waals surface area contributed by atoms with Crippen molar-refractivity contribution in [3.05, 3.63) is 35.5 Å². The van der Waals surface area contributed by atoms with Crippen LogP contribution in [0.25, 0.3) is 0 Å². The molecule has 0 aromatic carbocycles. The summed E-state index contributed by atoms with van der Waals surface area (Å²) in [6.07, 6.45) is 7.51. The van der Waals surface area contributed by atoms with E-state index in [-0.39, 0.29) is 29.1 Å². The first kappa shape index (κ1) is 25.6. The summed E-state index contributed by atoms with van der Waals surface area (Å²) in [6, 6.07) is 0. The Kier molecular flexibility index (Phi) is 11.1. The van der Waals surface area contributed by atoms with Crippen LogP contribution in [0.2, 0.25) is 0 Å². The average molecular weight is 395 g/mol. The normalized spacial score (nSPS) is 15.6. The highest BCUT2D eigenvalue weighted by molar-refractivity contribution is 5.92. The minimum Gasteiger partial charge on any atom is -0.478 e. The van der Waals surface area contributed by atoms with Gasteiger partial charge >= 0.3 is 17.9 Å². The number of hydrogen-bond acceptors (Lipinski definition) is 3. The predicted octanol–water partition coefficient (Wildman–Crippen LogP) is 5.06. The van der Waals surface area contributed by atoms with Gasteiger partial charge in [0.25, 0.3) is 0 Å². The molecule has 0 aliphatic heterocycles. The highest BCUT2D eigenvalue weighted by atomic mass is 16.4. The van der Waals surface area contributed by atoms with Crippen molar-refractivity contribution in [3.8, 4) is 0 Å². The van der Waals surface area contributed by atoms with E-state index in [2.05, 4.69) is 13.5 Å². The topological polar surface area (TPSA) is 112 Å². The smallest absolute Gasteiger partial charge is 0.332 e. The van der Waals surface area contributed by atoms with Crippen molar-refractivity contribution in [2.45, 2.75) is 72.6 Å². The highest BCUT2D eigenvalue weighted by Gasteiger charge is 2.31. The van der Waals surface area contributed by atoms with E-state index in [9.17, 15) is 29.7 Å². The Morgan fingerprint density at radius 3 is 1.86 bits per heavy atom. The van der Waals surface area contributed by atoms with Gasteiger partial charge in [-0.15, -0.1) is 0 Å². The van der Waals surface area contributed by atoms with Crippen LogP contribution in [0.3, 0.4) is 0 Å². The molecule has 158 valence electrons. The molecular formula is C22H34O6. The summed E-state index contributed by atoms with van der Waals surface area (Å²) in [6.45, 7) is 11.0. The Morgan fingerprint density at radius 2 is 1.46 bits per heavy atom. The molecule has 0 aromatic heterocycles. The van der Waals surface area contributed by atoms with Crippen molar-refractivity contribution in [1.82, 2.24) is 0 Å². The van der Waals surface area contributed by atoms with E-state index in [1.807, 2.05) is 13.8 Å². The zero-order valence-electron chi connectivity index (χ0n) is 17.5. The number of hydrogen-bond donors (Lipinski definition) is 3. The van der Waals surface area contributed by atoms with Gasteiger partial charge in [-0.3, -0.25) is 0 Å². The Hall–Kier alpha value is -2.37. The second-order valence-electron chi connectivity index (χ2n) is 7.39. The molecule has 0 rings (SSSR count). The first-order valence-corrected chi connectivity index (χ1v) is 9.84. The molecule has 0 saturated heterocycles. The molecule has 0 bridgehead atoms. The van der Waals surface area contributed by atoms with E-state index in [0.717, 1.165) is 25.7 Å². The molecule has 2 unspecified atom stereocenters. The van der Waals surface area contributed by atoms with Crippen LogP contribution in [0.15, 0.2) is 35.5 Å². The van der Waals surface area contributed by atoms with Crippen LogP contribution in [-0.4, -0.2) is 33.2 Å². The zero-order valence-corrected chi connectivity index (χ0v) is 17.5. The van der Waals surface area contributed by atoms with E-state index in [1.165, 1.54) is 19.1 Å². The van der Waals surface area contributed by atoms with Crippen molar-refractivity contribution >= 4 is 17.9 Å². The van der Waals surface area contributed by atoms with Gasteiger partial charge in [0.1, 0.15) is 0 Å². The third-order valence-electron chi connectivity index (χ3n) is 4.98. The predicted molar refractivity (Wildman–Crippen MR) is 109 cm³/mol. The van der Waals surface area contributed by atoms with E-state index in [0.29, 0.717) is 12.8 Å². The van der Waals surface area contributed by atoms with Crippen LogP contribution >= 0.6 is 0 Å². The van der Waals surface area contributed by atoms with Crippen molar-refractivity contribution in [2.24, 2.45) is 11.3 Å². The fourth-order valence-corrected chi connectivity index (χ4v) is 3.14. The maximum Gasteiger partial charge on any atom is 0.332 e. The number of allylic oxidation sites excluding steroid dienone is 2. The van der Waals surface area contributed by atoms with E-state index in [1.54, 1.807) is 0 Å². The SMILES string of the molecule is C=C(C(=O)O)C(C)(C=C(CCC)C(=O)O)C=C(CC(CC)CCCC)C(=O)O. The largest absolute Gasteiger partial charge is 0.478 e. The van der Waals surface area contributed by atoms with Crippen LogP contribution in [0, 0.1) is 11.3 Å². The van der Waals surface area contributed by atoms with Gasteiger partial charge in [0.15, 0.2) is 0 Å². The van der Waals surface area contributed by atoms with Crippen LogP contribution in [0.1, 0.15) is 72.6 Å². The summed E-state index contributed by atoms with van der Waals surface area (Å²) in [7, 11) is 0. The third-order valence-corrected chi connectivity index (χ3v) is 4.98. The fraction of sp³-hybridized carbons (Fsp3) is 0.591. The minimum absolute atomic E-state index is 0.0476. The molecule has 0 heterocycles. The molecular weight excluding hydrogens is 360 g/mol. The number of unbranched alkanes of at least 4 members (excludes halogenated alkanes) is 1. The van der Waals surface area contributed by atoms with Crippen molar-refractivity contribution in [2.75, 3.05) is 0 Å². The molecule has 3 N–H and O–H groups in total. The van der Waals surface area contributed by atoms with E-state index < -0.39 is 23.3 Å². The van der Waals surface area contributed by atoms with Crippen molar-refractivity contribution in [3.63, 3.8) is 0 Å². The minimum atomic E-state index is -1.41. The van der Waals surface area contributed by atoms with Crippen LogP contribution in [0.5, 0.6) is 0 Å². The molecule has 0 aliphatic rings. The molecule has 0 fully saturated rings. The van der Waals surface area contributed by atoms with Crippen LogP contribution in [0.4, 0.5) is 0 Å². The number of rotatable bonds is 14. The van der Waals surface area contributed by atoms with Gasteiger partial charge in [0.2, 0.25) is 0 Å². The quantitative estimate of drug-likeness (QED) is 0.355. The summed E-state index contributed by atoms with van der Waals surface area (Å²) in [4.78, 5) is 35.0. The number of carboxylic acid groups (broad SMARTS) is 3. The molecule has 0 radical (unpaired) electrons. The van der Waals surface area contributed by atoms with Crippen molar-refractivity contribution < 1.29 is 29.7 Å². The lowest BCUT2D eigenvalue weighted by molar-refractivity contribution is -0.134. The standard InChI is InChI=1S/C22H34O6/c1-6-9-11-16(8-3)12-18(21(27)28)14-22(5,15(4)19(23)24)13-17(10-7-2)20(25)26/h13-14,16H,4,6-12H2,1-3,5H3,(H,23,24)(H,25,26)(H,27,28). The Labute approximate surface area is 167 Å². The maximum absolute atomic E-state index is 11.9. The first-order chi connectivity index (χ1) is 13.0. The molecule has 0 aromatic rings. The second kappa shape index (κ2) is 12.2. The van der Waals surface area contributed by atoms with Gasteiger partial charge in [-0.1, -0.05) is 71.6 Å². The summed E-state index contributed by atoms with van der Waals surface area (Å²) in [5.74, 6) is -3.40. The molecule has 0 aliphatic carbocycles. The highest BCUT2D eigenvalue weighted by Crippen LogP contribution is 2.35. The molecule has 2 atom stereocenters. The Balaban J connectivity index is 6.25. The van der Waals surface area contributed by atoms with Gasteiger partial charge in [0.05, 0.1) is 0 Å². The van der Waals surface area contributed by atoms with Gasteiger partial charge in [-0.05, 0) is 25.7 Å². The first-order valence-electron chi connectivity index (χ1n) is 9.84. The zero-order chi connectivity index (χ0) is 21.9. The number of carboxylic acids is 3. The van der Waals surface area contributed by atoms with Gasteiger partial charge in [-0.2, -0.15) is 0 Å². The van der Waals surface area contributed by atoms with Crippen LogP contribution in [-0.2, 0) is 14.4 Å². The van der Waals surface area contributed by atoms with E-state index in [4.69, 9.17) is 0 Å². The van der Waals surface area contributed by atoms with Gasteiger partial charge in [0, 0.05) is 22.1 Å². The van der Waals surface area contributed by atoms with E-state index >= 15 is 0 Å². The Morgan fingerprint density at radius 1 is 0.929 bits per heavy atom. The summed E-state index contributed by atoms with van der Waals surface area (Å²) >= 11 is 0. The molecule has 0 saturated carbocycles. The van der Waals surface area contributed by atoms with Gasteiger partial charge in [-0.25, -0.2) is 14.4 Å². The molecule has 0 spiro atoms. The fourth-order valence-electron chi connectivity index (χ4n) is 3.14. The third kappa shape index (κ3) is 8.11. The average Bonchev–Trinajstić information content (AvgIpc) is 2.62. The molecule has 28 heavy (non-hydrogen) atoms. The van der Waals surface area contributed by atoms with Crippen molar-refractivity contribution in [1.29, 1.82) is 0 Å². The van der Waals surface area contributed by atoms with Gasteiger partial charge < -0.3 is 15.3 Å². The lowest BCUT2D eigenvalue weighted by atomic mass is 9.77. The summed E-state index contributed by atoms with van der Waals surface area (Å²) in [5.41, 5.74) is -1.54. The molecule has 0 amide bonds. The summed E-state index contributed by atoms with van der Waals surface area (Å²) < 4.78 is 0. The maximum atomic E-state index is 11.9. The summed E-state index contributed by atoms with van der Waals surface area (Å²) in [5, 5.41) is 28.6. The number of carbonyl (C=O) groups is 3. The molecule has 6 nitrogen and oxygen atoms in total. The lowest BCUT2D eigenvalue weighted by Crippen LogP contribution is -2.23. The number of aliphatic carboxylic acids is 3.